The largest absolute Gasteiger partial charge is 0.504 e. The molecule has 2 aliphatic heterocycles. The molecule has 0 bridgehead atoms. The fourth-order valence-electron chi connectivity index (χ4n) is 8.71. The van der Waals surface area contributed by atoms with Gasteiger partial charge in [0.05, 0.1) is 36.0 Å². The summed E-state index contributed by atoms with van der Waals surface area (Å²) in [4.78, 5) is 54.6. The first kappa shape index (κ1) is 39.9. The third-order valence-electron chi connectivity index (χ3n) is 11.5. The number of amides is 4. The first-order valence-electron chi connectivity index (χ1n) is 18.0. The average molecular weight is 855 g/mol. The Morgan fingerprint density at radius 1 is 0.763 bits per heavy atom. The van der Waals surface area contributed by atoms with Crippen LogP contribution in [0.25, 0.3) is 0 Å². The molecule has 0 aromatic heterocycles. The third-order valence-corrected chi connectivity index (χ3v) is 13.0. The Kier molecular flexibility index (Phi) is 9.58. The highest BCUT2D eigenvalue weighted by Crippen LogP contribution is 2.67. The highest BCUT2D eigenvalue weighted by atomic mass is 35.5. The highest BCUT2D eigenvalue weighted by molar-refractivity contribution is 6.58. The molecule has 4 aliphatic rings. The Labute approximate surface area is 342 Å². The fraction of sp³-hybridized carbons (Fsp3) is 0.268. The summed E-state index contributed by atoms with van der Waals surface area (Å²) in [7, 11) is 5.03. The van der Waals surface area contributed by atoms with Gasteiger partial charge in [0.1, 0.15) is 5.69 Å². The van der Waals surface area contributed by atoms with E-state index in [4.69, 9.17) is 27.9 Å². The number of rotatable bonds is 7. The number of nitrogens with zero attached hydrogens (tertiary/aromatic N) is 5. The molecule has 18 heteroatoms. The van der Waals surface area contributed by atoms with Crippen LogP contribution < -0.4 is 19.4 Å². The molecule has 4 aromatic carbocycles. The van der Waals surface area contributed by atoms with Crippen LogP contribution in [0.1, 0.15) is 24.3 Å². The molecule has 1 saturated carbocycles. The molecular formula is C41H30Cl2F5N5O6. The van der Waals surface area contributed by atoms with Crippen molar-refractivity contribution < 1.29 is 51.0 Å². The maximum Gasteiger partial charge on any atom is 0.258 e. The molecule has 4 aromatic rings. The molecule has 11 nitrogen and oxygen atoms in total. The molecule has 6 atom stereocenters. The van der Waals surface area contributed by atoms with Gasteiger partial charge in [0, 0.05) is 31.3 Å². The summed E-state index contributed by atoms with van der Waals surface area (Å²) in [6.45, 7) is 0. The first-order chi connectivity index (χ1) is 28.0. The zero-order chi connectivity index (χ0) is 42.5. The maximum absolute atomic E-state index is 15.3. The van der Waals surface area contributed by atoms with E-state index in [1.54, 1.807) is 24.3 Å². The normalized spacial score (nSPS) is 26.3. The number of ether oxygens (including phenoxy) is 1. The first-order valence-corrected chi connectivity index (χ1v) is 18.7. The van der Waals surface area contributed by atoms with Crippen molar-refractivity contribution in [2.45, 2.75) is 28.5 Å². The molecule has 2 aliphatic carbocycles. The number of benzene rings is 4. The summed E-state index contributed by atoms with van der Waals surface area (Å²) in [5, 5.41) is 19.9. The van der Waals surface area contributed by atoms with Crippen LogP contribution in [-0.4, -0.2) is 59.7 Å². The van der Waals surface area contributed by atoms with Crippen LogP contribution in [0, 0.1) is 46.8 Å². The predicted octanol–water partition coefficient (Wildman–Crippen LogP) is 8.35. The van der Waals surface area contributed by atoms with E-state index < -0.39 is 104 Å². The number of fused-ring (bicyclic) bond motifs is 4. The smallest absolute Gasteiger partial charge is 0.258 e. The van der Waals surface area contributed by atoms with Crippen molar-refractivity contribution in [1.82, 2.24) is 0 Å². The van der Waals surface area contributed by atoms with E-state index in [9.17, 15) is 37.5 Å². The van der Waals surface area contributed by atoms with E-state index in [1.807, 2.05) is 31.1 Å². The standard InChI is InChI=1S/C41H30Cl2F5N5O6/c1-51(2)20-11-7-18(8-12-20)49-50-19-9-13-21(14-10-19)52-36(55)23-16-15-22-25(27(23)37(52)56)17-40(42)38(57)53(34-32(47)30(45)29(44)31(46)33(34)48)39(58)41(40,43)28(22)24-5-4-6-26(59-3)35(24)54/h4-15,23,25,27-28,54H,16-17H2,1-3H3. The zero-order valence-corrected chi connectivity index (χ0v) is 32.5. The van der Waals surface area contributed by atoms with Gasteiger partial charge in [-0.15, -0.1) is 23.2 Å². The summed E-state index contributed by atoms with van der Waals surface area (Å²) >= 11 is 14.3. The van der Waals surface area contributed by atoms with Crippen molar-refractivity contribution in [1.29, 1.82) is 0 Å². The quantitative estimate of drug-likeness (QED) is 0.0376. The van der Waals surface area contributed by atoms with Gasteiger partial charge in [-0.3, -0.25) is 24.1 Å². The van der Waals surface area contributed by atoms with Gasteiger partial charge in [-0.25, -0.2) is 26.9 Å². The van der Waals surface area contributed by atoms with E-state index in [0.29, 0.717) is 11.4 Å². The maximum atomic E-state index is 15.3. The summed E-state index contributed by atoms with van der Waals surface area (Å²) in [6, 6.07) is 17.5. The number of phenolic OH excluding ortho intramolecular Hbond substituents is 1. The lowest BCUT2D eigenvalue weighted by atomic mass is 9.56. The topological polar surface area (TPSA) is 132 Å². The SMILES string of the molecule is COc1cccc(C2C3=CCC4C(=O)N(c5ccc(N=Nc6ccc(N(C)C)cc6)cc5)C(=O)C4C3CC3(Cl)C(=O)N(c4c(F)c(F)c(F)c(F)c4F)C(=O)C23Cl)c1O. The molecule has 304 valence electrons. The van der Waals surface area contributed by atoms with Crippen LogP contribution in [-0.2, 0) is 19.2 Å². The number of azo groups is 1. The molecule has 6 unspecified atom stereocenters. The number of methoxy groups -OCH3 is 1. The number of imide groups is 2. The molecule has 4 amide bonds. The molecule has 59 heavy (non-hydrogen) atoms. The lowest BCUT2D eigenvalue weighted by Gasteiger charge is -2.50. The van der Waals surface area contributed by atoms with Crippen LogP contribution >= 0.6 is 23.2 Å². The number of aromatic hydroxyl groups is 1. The third kappa shape index (κ3) is 5.66. The van der Waals surface area contributed by atoms with Crippen LogP contribution in [0.4, 0.5) is 50.4 Å². The van der Waals surface area contributed by atoms with Gasteiger partial charge in [-0.2, -0.15) is 10.2 Å². The van der Waals surface area contributed by atoms with Gasteiger partial charge in [-0.1, -0.05) is 23.8 Å². The zero-order valence-electron chi connectivity index (χ0n) is 31.0. The number of allylic oxidation sites excluding steroid dienone is 2. The van der Waals surface area contributed by atoms with Gasteiger partial charge in [0.25, 0.3) is 11.8 Å². The number of hydrogen-bond donors (Lipinski definition) is 1. The molecule has 0 radical (unpaired) electrons. The molecule has 8 rings (SSSR count). The number of para-hydroxylation sites is 1. The van der Waals surface area contributed by atoms with Crippen molar-refractivity contribution in [3.05, 3.63) is 113 Å². The Morgan fingerprint density at radius 2 is 1.34 bits per heavy atom. The monoisotopic (exact) mass is 853 g/mol. The molecule has 3 fully saturated rings. The molecule has 2 saturated heterocycles. The number of carbonyl (C=O) groups excluding carboxylic acids is 4. The van der Waals surface area contributed by atoms with Crippen LogP contribution in [0.2, 0.25) is 0 Å². The van der Waals surface area contributed by atoms with E-state index in [2.05, 4.69) is 10.2 Å². The lowest BCUT2D eigenvalue weighted by Crippen LogP contribution is -2.60. The van der Waals surface area contributed by atoms with Crippen molar-refractivity contribution in [2.24, 2.45) is 28.0 Å². The average Bonchev–Trinajstić information content (AvgIpc) is 3.56. The Balaban J connectivity index is 1.19. The number of halogens is 7. The van der Waals surface area contributed by atoms with E-state index in [-0.39, 0.29) is 33.9 Å². The van der Waals surface area contributed by atoms with Gasteiger partial charge in [-0.05, 0) is 73.4 Å². The van der Waals surface area contributed by atoms with Crippen molar-refractivity contribution >= 4 is 75.3 Å². The van der Waals surface area contributed by atoms with Gasteiger partial charge >= 0.3 is 0 Å². The van der Waals surface area contributed by atoms with Gasteiger partial charge in [0.2, 0.25) is 17.6 Å². The van der Waals surface area contributed by atoms with Crippen molar-refractivity contribution in [2.75, 3.05) is 35.9 Å². The second-order valence-electron chi connectivity index (χ2n) is 14.7. The number of anilines is 3. The van der Waals surface area contributed by atoms with Crippen molar-refractivity contribution in [3.63, 3.8) is 0 Å². The van der Waals surface area contributed by atoms with E-state index in [1.165, 1.54) is 43.5 Å². The molecule has 2 heterocycles. The van der Waals surface area contributed by atoms with E-state index >= 15 is 8.78 Å². The summed E-state index contributed by atoms with van der Waals surface area (Å²) in [6.07, 6.45) is 0.728. The Hall–Kier alpha value is -5.87. The molecular weight excluding hydrogens is 824 g/mol. The molecule has 0 spiro atoms. The number of phenols is 1. The van der Waals surface area contributed by atoms with E-state index in [0.717, 1.165) is 10.6 Å². The fourth-order valence-corrected chi connectivity index (χ4v) is 9.63. The van der Waals surface area contributed by atoms with Gasteiger partial charge < -0.3 is 14.7 Å². The summed E-state index contributed by atoms with van der Waals surface area (Å²) in [5.74, 6) is -22.9. The highest BCUT2D eigenvalue weighted by Gasteiger charge is 2.77. The second-order valence-corrected chi connectivity index (χ2v) is 16.0. The van der Waals surface area contributed by atoms with Crippen LogP contribution in [0.3, 0.4) is 0 Å². The number of alkyl halides is 2. The predicted molar refractivity (Wildman–Crippen MR) is 205 cm³/mol. The van der Waals surface area contributed by atoms with Gasteiger partial charge in [0.15, 0.2) is 44.5 Å². The Bertz CT molecular complexity index is 2530. The van der Waals surface area contributed by atoms with Crippen LogP contribution in [0.15, 0.2) is 88.6 Å². The minimum Gasteiger partial charge on any atom is -0.504 e. The second kappa shape index (κ2) is 14.2. The lowest BCUT2D eigenvalue weighted by molar-refractivity contribution is -0.125. The minimum atomic E-state index is -2.81. The summed E-state index contributed by atoms with van der Waals surface area (Å²) in [5.41, 5.74) is 0.226. The van der Waals surface area contributed by atoms with Crippen molar-refractivity contribution in [3.8, 4) is 11.5 Å². The minimum absolute atomic E-state index is 0.0938. The number of carbonyl (C=O) groups is 4. The molecule has 1 N–H and O–H groups in total. The number of hydrogen-bond acceptors (Lipinski definition) is 9. The Morgan fingerprint density at radius 3 is 1.92 bits per heavy atom. The van der Waals surface area contributed by atoms with Crippen LogP contribution in [0.5, 0.6) is 11.5 Å². The summed E-state index contributed by atoms with van der Waals surface area (Å²) < 4.78 is 79.2.